The van der Waals surface area contributed by atoms with E-state index in [4.69, 9.17) is 0 Å². The average molecular weight is 256 g/mol. The molecule has 17 heavy (non-hydrogen) atoms. The van der Waals surface area contributed by atoms with Gasteiger partial charge in [0.15, 0.2) is 0 Å². The lowest BCUT2D eigenvalue weighted by atomic mass is 10.3. The molecule has 0 aliphatic rings. The van der Waals surface area contributed by atoms with Crippen LogP contribution in [-0.4, -0.2) is 57.5 Å². The Hall–Kier alpha value is -0.330. The van der Waals surface area contributed by atoms with Crippen molar-refractivity contribution in [2.45, 2.75) is 25.9 Å². The third kappa shape index (κ3) is 11.9. The number of hydrogen-bond donors (Lipinski definition) is 1. The predicted molar refractivity (Wildman–Crippen MR) is 62.1 cm³/mol. The molecule has 0 aliphatic carbocycles. The SMILES string of the molecule is CCCN(CCCOCC(F)(F)F)CCNC. The van der Waals surface area contributed by atoms with Gasteiger partial charge < -0.3 is 15.0 Å². The maximum atomic E-state index is 11.8. The van der Waals surface area contributed by atoms with Crippen LogP contribution in [-0.2, 0) is 4.74 Å². The fraction of sp³-hybridized carbons (Fsp3) is 1.00. The van der Waals surface area contributed by atoms with Gasteiger partial charge in [0.2, 0.25) is 0 Å². The van der Waals surface area contributed by atoms with E-state index in [1.165, 1.54) is 0 Å². The quantitative estimate of drug-likeness (QED) is 0.604. The van der Waals surface area contributed by atoms with E-state index in [1.807, 2.05) is 7.05 Å². The zero-order chi connectivity index (χ0) is 13.1. The summed E-state index contributed by atoms with van der Waals surface area (Å²) in [5.41, 5.74) is 0. The minimum absolute atomic E-state index is 0.166. The maximum absolute atomic E-state index is 11.8. The van der Waals surface area contributed by atoms with Gasteiger partial charge in [0.25, 0.3) is 0 Å². The zero-order valence-electron chi connectivity index (χ0n) is 10.6. The molecule has 0 heterocycles. The second-order valence-electron chi connectivity index (χ2n) is 3.97. The molecular formula is C11H23F3N2O. The first-order valence-electron chi connectivity index (χ1n) is 6.01. The summed E-state index contributed by atoms with van der Waals surface area (Å²) >= 11 is 0. The summed E-state index contributed by atoms with van der Waals surface area (Å²) in [5.74, 6) is 0. The third-order valence-corrected chi connectivity index (χ3v) is 2.25. The monoisotopic (exact) mass is 256 g/mol. The summed E-state index contributed by atoms with van der Waals surface area (Å²) in [6.07, 6.45) is -2.53. The third-order valence-electron chi connectivity index (χ3n) is 2.25. The highest BCUT2D eigenvalue weighted by Crippen LogP contribution is 2.14. The summed E-state index contributed by atoms with van der Waals surface area (Å²) < 4.78 is 39.9. The minimum Gasteiger partial charge on any atom is -0.372 e. The van der Waals surface area contributed by atoms with Gasteiger partial charge >= 0.3 is 6.18 Å². The van der Waals surface area contributed by atoms with Gasteiger partial charge in [-0.25, -0.2) is 0 Å². The molecule has 0 aliphatic heterocycles. The summed E-state index contributed by atoms with van der Waals surface area (Å²) in [6, 6.07) is 0. The van der Waals surface area contributed by atoms with E-state index >= 15 is 0 Å². The van der Waals surface area contributed by atoms with E-state index < -0.39 is 12.8 Å². The molecule has 3 nitrogen and oxygen atoms in total. The van der Waals surface area contributed by atoms with Crippen molar-refractivity contribution in [2.75, 3.05) is 46.4 Å². The van der Waals surface area contributed by atoms with Crippen LogP contribution in [0.25, 0.3) is 0 Å². The van der Waals surface area contributed by atoms with Crippen LogP contribution >= 0.6 is 0 Å². The summed E-state index contributed by atoms with van der Waals surface area (Å²) in [7, 11) is 1.89. The predicted octanol–water partition coefficient (Wildman–Crippen LogP) is 1.89. The Morgan fingerprint density at radius 2 is 1.88 bits per heavy atom. The Kier molecular flexibility index (Phi) is 9.49. The lowest BCUT2D eigenvalue weighted by Gasteiger charge is -2.21. The van der Waals surface area contributed by atoms with Gasteiger partial charge in [-0.1, -0.05) is 6.92 Å². The minimum atomic E-state index is -4.21. The number of alkyl halides is 3. The van der Waals surface area contributed by atoms with Crippen molar-refractivity contribution in [3.05, 3.63) is 0 Å². The molecule has 0 spiro atoms. The van der Waals surface area contributed by atoms with Crippen LogP contribution in [0.3, 0.4) is 0 Å². The first kappa shape index (κ1) is 16.7. The molecule has 6 heteroatoms. The van der Waals surface area contributed by atoms with Crippen LogP contribution in [0, 0.1) is 0 Å². The molecule has 0 amide bonds. The van der Waals surface area contributed by atoms with Gasteiger partial charge in [0.05, 0.1) is 0 Å². The second-order valence-corrected chi connectivity index (χ2v) is 3.97. The van der Waals surface area contributed by atoms with Gasteiger partial charge in [-0.2, -0.15) is 13.2 Å². The number of nitrogens with zero attached hydrogens (tertiary/aromatic N) is 1. The van der Waals surface area contributed by atoms with Gasteiger partial charge in [-0.15, -0.1) is 0 Å². The molecule has 0 bridgehead atoms. The van der Waals surface area contributed by atoms with Crippen LogP contribution in [0.2, 0.25) is 0 Å². The Bertz CT molecular complexity index is 177. The molecule has 0 fully saturated rings. The van der Waals surface area contributed by atoms with Gasteiger partial charge in [-0.05, 0) is 26.4 Å². The van der Waals surface area contributed by atoms with Crippen LogP contribution < -0.4 is 5.32 Å². The van der Waals surface area contributed by atoms with E-state index in [-0.39, 0.29) is 6.61 Å². The largest absolute Gasteiger partial charge is 0.411 e. The topological polar surface area (TPSA) is 24.5 Å². The number of likely N-dealkylation sites (N-methyl/N-ethyl adjacent to an activating group) is 1. The van der Waals surface area contributed by atoms with Gasteiger partial charge in [0.1, 0.15) is 6.61 Å². The van der Waals surface area contributed by atoms with E-state index in [0.29, 0.717) is 6.42 Å². The van der Waals surface area contributed by atoms with E-state index in [0.717, 1.165) is 32.6 Å². The van der Waals surface area contributed by atoms with Crippen molar-refractivity contribution in [2.24, 2.45) is 0 Å². The lowest BCUT2D eigenvalue weighted by molar-refractivity contribution is -0.174. The smallest absolute Gasteiger partial charge is 0.372 e. The summed E-state index contributed by atoms with van der Waals surface area (Å²) in [5, 5.41) is 3.06. The standard InChI is InChI=1S/C11H23F3N2O/c1-3-6-16(8-5-15-2)7-4-9-17-10-11(12,13)14/h15H,3-10H2,1-2H3. The first-order chi connectivity index (χ1) is 7.99. The molecule has 104 valence electrons. The molecule has 0 aromatic rings. The normalized spacial score (nSPS) is 12.4. The molecule has 0 aromatic carbocycles. The maximum Gasteiger partial charge on any atom is 0.411 e. The Labute approximate surface area is 101 Å². The molecule has 0 saturated carbocycles. The number of ether oxygens (including phenoxy) is 1. The van der Waals surface area contributed by atoms with Crippen molar-refractivity contribution in [1.29, 1.82) is 0 Å². The number of hydrogen-bond acceptors (Lipinski definition) is 3. The number of nitrogens with one attached hydrogen (secondary N) is 1. The van der Waals surface area contributed by atoms with Crippen molar-refractivity contribution in [1.82, 2.24) is 10.2 Å². The van der Waals surface area contributed by atoms with Crippen molar-refractivity contribution >= 4 is 0 Å². The van der Waals surface area contributed by atoms with Gasteiger partial charge in [0, 0.05) is 26.2 Å². The lowest BCUT2D eigenvalue weighted by Crippen LogP contribution is -2.33. The highest BCUT2D eigenvalue weighted by Gasteiger charge is 2.27. The fourth-order valence-electron chi connectivity index (χ4n) is 1.50. The molecule has 0 unspecified atom stereocenters. The van der Waals surface area contributed by atoms with E-state index in [1.54, 1.807) is 0 Å². The van der Waals surface area contributed by atoms with Crippen molar-refractivity contribution in [3.63, 3.8) is 0 Å². The van der Waals surface area contributed by atoms with Crippen LogP contribution in [0.4, 0.5) is 13.2 Å². The Balaban J connectivity index is 3.53. The highest BCUT2D eigenvalue weighted by atomic mass is 19.4. The summed E-state index contributed by atoms with van der Waals surface area (Å²) in [4.78, 5) is 2.23. The highest BCUT2D eigenvalue weighted by molar-refractivity contribution is 4.58. The second kappa shape index (κ2) is 9.67. The molecule has 0 rings (SSSR count). The van der Waals surface area contributed by atoms with Crippen LogP contribution in [0.1, 0.15) is 19.8 Å². The first-order valence-corrected chi connectivity index (χ1v) is 6.01. The molecule has 0 radical (unpaired) electrons. The molecule has 0 atom stereocenters. The molecular weight excluding hydrogens is 233 g/mol. The van der Waals surface area contributed by atoms with Crippen LogP contribution in [0.5, 0.6) is 0 Å². The number of halogens is 3. The Morgan fingerprint density at radius 1 is 1.18 bits per heavy atom. The molecule has 0 saturated heterocycles. The molecule has 0 aromatic heterocycles. The molecule has 1 N–H and O–H groups in total. The van der Waals surface area contributed by atoms with Crippen molar-refractivity contribution in [3.8, 4) is 0 Å². The van der Waals surface area contributed by atoms with Crippen LogP contribution in [0.15, 0.2) is 0 Å². The van der Waals surface area contributed by atoms with Crippen molar-refractivity contribution < 1.29 is 17.9 Å². The fourth-order valence-corrected chi connectivity index (χ4v) is 1.50. The zero-order valence-corrected chi connectivity index (χ0v) is 10.6. The van der Waals surface area contributed by atoms with Gasteiger partial charge in [-0.3, -0.25) is 0 Å². The Morgan fingerprint density at radius 3 is 2.41 bits per heavy atom. The summed E-state index contributed by atoms with van der Waals surface area (Å²) in [6.45, 7) is 4.68. The number of rotatable bonds is 10. The van der Waals surface area contributed by atoms with E-state index in [2.05, 4.69) is 21.9 Å². The average Bonchev–Trinajstić information content (AvgIpc) is 2.23. The van der Waals surface area contributed by atoms with E-state index in [9.17, 15) is 13.2 Å².